The van der Waals surface area contributed by atoms with E-state index in [1.54, 1.807) is 7.11 Å². The van der Waals surface area contributed by atoms with Crippen LogP contribution < -0.4 is 4.74 Å². The molecule has 0 atom stereocenters. The van der Waals surface area contributed by atoms with E-state index in [2.05, 4.69) is 12.6 Å². The van der Waals surface area contributed by atoms with E-state index in [4.69, 9.17) is 9.47 Å². The molecule has 0 N–H and O–H groups in total. The molecule has 0 bridgehead atoms. The van der Waals surface area contributed by atoms with Crippen LogP contribution in [0.2, 0.25) is 0 Å². The highest BCUT2D eigenvalue weighted by molar-refractivity contribution is 7.80. The first kappa shape index (κ1) is 10.4. The molecule has 72 valence electrons. The lowest BCUT2D eigenvalue weighted by Gasteiger charge is -2.05. The first-order valence-corrected chi connectivity index (χ1v) is 4.81. The standard InChI is InChI=1S/C10H14O2S/c1-11-8-9-3-2-4-10(7-9)12-5-6-13/h2-4,7,13H,5-6,8H2,1H3. The minimum atomic E-state index is 0.623. The second-order valence-electron chi connectivity index (χ2n) is 2.65. The third-order valence-electron chi connectivity index (χ3n) is 1.57. The number of hydrogen-bond acceptors (Lipinski definition) is 3. The van der Waals surface area contributed by atoms with Gasteiger partial charge in [-0.2, -0.15) is 12.6 Å². The zero-order chi connectivity index (χ0) is 9.52. The molecule has 0 unspecified atom stereocenters. The first-order chi connectivity index (χ1) is 6.36. The van der Waals surface area contributed by atoms with E-state index < -0.39 is 0 Å². The second-order valence-corrected chi connectivity index (χ2v) is 3.10. The van der Waals surface area contributed by atoms with Crippen LogP contribution in [0.3, 0.4) is 0 Å². The molecule has 0 spiro atoms. The van der Waals surface area contributed by atoms with Gasteiger partial charge in [0.2, 0.25) is 0 Å². The summed E-state index contributed by atoms with van der Waals surface area (Å²) in [6.07, 6.45) is 0. The molecule has 3 heteroatoms. The van der Waals surface area contributed by atoms with Crippen molar-refractivity contribution in [2.24, 2.45) is 0 Å². The Hall–Kier alpha value is -0.670. The number of methoxy groups -OCH3 is 1. The number of rotatable bonds is 5. The average Bonchev–Trinajstić information content (AvgIpc) is 2.16. The smallest absolute Gasteiger partial charge is 0.119 e. The molecule has 1 aromatic carbocycles. The summed E-state index contributed by atoms with van der Waals surface area (Å²) in [5.41, 5.74) is 1.12. The molecular weight excluding hydrogens is 184 g/mol. The Bertz CT molecular complexity index is 250. The van der Waals surface area contributed by atoms with E-state index >= 15 is 0 Å². The summed E-state index contributed by atoms with van der Waals surface area (Å²) in [7, 11) is 1.68. The maximum Gasteiger partial charge on any atom is 0.119 e. The van der Waals surface area contributed by atoms with Crippen molar-refractivity contribution in [3.63, 3.8) is 0 Å². The summed E-state index contributed by atoms with van der Waals surface area (Å²) in [5.74, 6) is 1.61. The first-order valence-electron chi connectivity index (χ1n) is 4.18. The Kier molecular flexibility index (Phi) is 4.72. The fourth-order valence-electron chi connectivity index (χ4n) is 1.06. The number of thiol groups is 1. The lowest BCUT2D eigenvalue weighted by molar-refractivity contribution is 0.184. The van der Waals surface area contributed by atoms with Crippen molar-refractivity contribution in [2.75, 3.05) is 19.5 Å². The normalized spacial score (nSPS) is 10.0. The van der Waals surface area contributed by atoms with Gasteiger partial charge in [-0.15, -0.1) is 0 Å². The average molecular weight is 198 g/mol. The molecule has 0 aliphatic heterocycles. The molecule has 0 heterocycles. The molecule has 1 aromatic rings. The topological polar surface area (TPSA) is 18.5 Å². The monoisotopic (exact) mass is 198 g/mol. The van der Waals surface area contributed by atoms with Crippen LogP contribution >= 0.6 is 12.6 Å². The summed E-state index contributed by atoms with van der Waals surface area (Å²) < 4.78 is 10.4. The van der Waals surface area contributed by atoms with Gasteiger partial charge in [0.1, 0.15) is 5.75 Å². The summed E-state index contributed by atoms with van der Waals surface area (Å²) in [5, 5.41) is 0. The van der Waals surface area contributed by atoms with Crippen molar-refractivity contribution in [3.05, 3.63) is 29.8 Å². The molecule has 0 aromatic heterocycles. The number of ether oxygens (including phenoxy) is 2. The SMILES string of the molecule is COCc1cccc(OCCS)c1. The van der Waals surface area contributed by atoms with Crippen molar-refractivity contribution >= 4 is 12.6 Å². The van der Waals surface area contributed by atoms with Crippen LogP contribution in [0.1, 0.15) is 5.56 Å². The fourth-order valence-corrected chi connectivity index (χ4v) is 1.15. The Labute approximate surface area is 84.3 Å². The Morgan fingerprint density at radius 1 is 1.38 bits per heavy atom. The molecule has 0 aliphatic carbocycles. The zero-order valence-electron chi connectivity index (χ0n) is 7.69. The molecule has 0 radical (unpaired) electrons. The van der Waals surface area contributed by atoms with Crippen LogP contribution in [0.25, 0.3) is 0 Å². The maximum atomic E-state index is 5.41. The highest BCUT2D eigenvalue weighted by Gasteiger charge is 1.95. The van der Waals surface area contributed by atoms with Gasteiger partial charge in [-0.25, -0.2) is 0 Å². The van der Waals surface area contributed by atoms with Gasteiger partial charge in [0.25, 0.3) is 0 Å². The van der Waals surface area contributed by atoms with Gasteiger partial charge in [0, 0.05) is 12.9 Å². The highest BCUT2D eigenvalue weighted by Crippen LogP contribution is 2.13. The van der Waals surface area contributed by atoms with Gasteiger partial charge >= 0.3 is 0 Å². The van der Waals surface area contributed by atoms with Crippen LogP contribution in [0, 0.1) is 0 Å². The molecular formula is C10H14O2S. The van der Waals surface area contributed by atoms with Crippen molar-refractivity contribution in [1.29, 1.82) is 0 Å². The van der Waals surface area contributed by atoms with Crippen LogP contribution in [-0.2, 0) is 11.3 Å². The van der Waals surface area contributed by atoms with E-state index in [1.165, 1.54) is 0 Å². The van der Waals surface area contributed by atoms with Gasteiger partial charge in [-0.05, 0) is 17.7 Å². The van der Waals surface area contributed by atoms with Crippen molar-refractivity contribution in [1.82, 2.24) is 0 Å². The van der Waals surface area contributed by atoms with E-state index in [1.807, 2.05) is 24.3 Å². The largest absolute Gasteiger partial charge is 0.493 e. The van der Waals surface area contributed by atoms with Gasteiger partial charge in [-0.3, -0.25) is 0 Å². The van der Waals surface area contributed by atoms with Crippen LogP contribution in [0.4, 0.5) is 0 Å². The van der Waals surface area contributed by atoms with E-state index in [0.29, 0.717) is 13.2 Å². The number of benzene rings is 1. The van der Waals surface area contributed by atoms with Crippen molar-refractivity contribution in [3.8, 4) is 5.75 Å². The lowest BCUT2D eigenvalue weighted by Crippen LogP contribution is -1.98. The minimum absolute atomic E-state index is 0.623. The van der Waals surface area contributed by atoms with Crippen LogP contribution in [0.5, 0.6) is 5.75 Å². The quantitative estimate of drug-likeness (QED) is 0.731. The Morgan fingerprint density at radius 3 is 2.92 bits per heavy atom. The van der Waals surface area contributed by atoms with E-state index in [-0.39, 0.29) is 0 Å². The summed E-state index contributed by atoms with van der Waals surface area (Å²) >= 11 is 4.07. The van der Waals surface area contributed by atoms with Crippen molar-refractivity contribution in [2.45, 2.75) is 6.61 Å². The molecule has 0 amide bonds. The second kappa shape index (κ2) is 5.89. The fraction of sp³-hybridized carbons (Fsp3) is 0.400. The summed E-state index contributed by atoms with van der Waals surface area (Å²) in [6.45, 7) is 1.26. The molecule has 2 nitrogen and oxygen atoms in total. The third-order valence-corrected chi connectivity index (χ3v) is 1.75. The molecule has 0 saturated carbocycles. The van der Waals surface area contributed by atoms with Crippen molar-refractivity contribution < 1.29 is 9.47 Å². The maximum absolute atomic E-state index is 5.41. The van der Waals surface area contributed by atoms with E-state index in [9.17, 15) is 0 Å². The summed E-state index contributed by atoms with van der Waals surface area (Å²) in [4.78, 5) is 0. The van der Waals surface area contributed by atoms with Crippen LogP contribution in [0.15, 0.2) is 24.3 Å². The van der Waals surface area contributed by atoms with Gasteiger partial charge in [0.15, 0.2) is 0 Å². The zero-order valence-corrected chi connectivity index (χ0v) is 8.59. The highest BCUT2D eigenvalue weighted by atomic mass is 32.1. The summed E-state index contributed by atoms with van der Waals surface area (Å²) in [6, 6.07) is 7.88. The Morgan fingerprint density at radius 2 is 2.23 bits per heavy atom. The van der Waals surface area contributed by atoms with E-state index in [0.717, 1.165) is 17.1 Å². The molecule has 0 saturated heterocycles. The third kappa shape index (κ3) is 3.70. The minimum Gasteiger partial charge on any atom is -0.493 e. The molecule has 0 fully saturated rings. The lowest BCUT2D eigenvalue weighted by atomic mass is 10.2. The van der Waals surface area contributed by atoms with Crippen LogP contribution in [-0.4, -0.2) is 19.5 Å². The molecule has 0 aliphatic rings. The molecule has 1 rings (SSSR count). The molecule has 13 heavy (non-hydrogen) atoms. The Balaban J connectivity index is 2.56. The van der Waals surface area contributed by atoms with Gasteiger partial charge in [-0.1, -0.05) is 12.1 Å². The number of hydrogen-bond donors (Lipinski definition) is 1. The van der Waals surface area contributed by atoms with Gasteiger partial charge in [0.05, 0.1) is 13.2 Å². The predicted molar refractivity (Wildman–Crippen MR) is 56.5 cm³/mol. The van der Waals surface area contributed by atoms with Gasteiger partial charge < -0.3 is 9.47 Å². The predicted octanol–water partition coefficient (Wildman–Crippen LogP) is 2.14.